The summed E-state index contributed by atoms with van der Waals surface area (Å²) >= 11 is 0. The van der Waals surface area contributed by atoms with Crippen LogP contribution < -0.4 is 4.90 Å². The van der Waals surface area contributed by atoms with E-state index in [4.69, 9.17) is 0 Å². The number of hydrogen-bond donors (Lipinski definition) is 1. The van der Waals surface area contributed by atoms with Crippen LogP contribution in [0.5, 0.6) is 0 Å². The maximum absolute atomic E-state index is 13.0. The Morgan fingerprint density at radius 3 is 2.91 bits per heavy atom. The highest BCUT2D eigenvalue weighted by Gasteiger charge is 2.30. The molecule has 1 aromatic heterocycles. The van der Waals surface area contributed by atoms with Gasteiger partial charge in [-0.1, -0.05) is 18.2 Å². The number of likely N-dealkylation sites (tertiary alicyclic amines) is 1. The first kappa shape index (κ1) is 14.8. The molecule has 5 heteroatoms. The summed E-state index contributed by atoms with van der Waals surface area (Å²) in [6, 6.07) is 9.48. The molecule has 5 nitrogen and oxygen atoms in total. The lowest BCUT2D eigenvalue weighted by Gasteiger charge is -2.24. The molecule has 1 amide bonds. The van der Waals surface area contributed by atoms with Crippen LogP contribution in [0.2, 0.25) is 0 Å². The lowest BCUT2D eigenvalue weighted by atomic mass is 10.1. The molecule has 0 saturated carbocycles. The van der Waals surface area contributed by atoms with Gasteiger partial charge in [0, 0.05) is 26.0 Å². The van der Waals surface area contributed by atoms with Gasteiger partial charge >= 0.3 is 0 Å². The fourth-order valence-corrected chi connectivity index (χ4v) is 3.02. The molecule has 1 aliphatic rings. The van der Waals surface area contributed by atoms with Crippen molar-refractivity contribution in [2.45, 2.75) is 18.9 Å². The highest BCUT2D eigenvalue weighted by atomic mass is 16.3. The maximum atomic E-state index is 13.0. The van der Waals surface area contributed by atoms with Crippen molar-refractivity contribution in [2.75, 3.05) is 32.1 Å². The van der Waals surface area contributed by atoms with E-state index in [1.165, 1.54) is 0 Å². The second kappa shape index (κ2) is 5.93. The molecule has 1 N–H and O–H groups in total. The van der Waals surface area contributed by atoms with Crippen LogP contribution in [0.1, 0.15) is 23.2 Å². The van der Waals surface area contributed by atoms with Crippen LogP contribution in [0.4, 0.5) is 5.82 Å². The van der Waals surface area contributed by atoms with Crippen molar-refractivity contribution < 1.29 is 9.90 Å². The van der Waals surface area contributed by atoms with Gasteiger partial charge < -0.3 is 14.9 Å². The molecule has 0 radical (unpaired) electrons. The molecule has 1 fully saturated rings. The molecule has 3 rings (SSSR count). The van der Waals surface area contributed by atoms with Crippen LogP contribution in [-0.4, -0.2) is 54.2 Å². The third kappa shape index (κ3) is 2.52. The van der Waals surface area contributed by atoms with Crippen molar-refractivity contribution in [1.82, 2.24) is 9.88 Å². The van der Waals surface area contributed by atoms with E-state index >= 15 is 0 Å². The highest BCUT2D eigenvalue weighted by Crippen LogP contribution is 2.26. The van der Waals surface area contributed by atoms with E-state index in [1.54, 1.807) is 4.90 Å². The summed E-state index contributed by atoms with van der Waals surface area (Å²) in [6.45, 7) is 0.729. The summed E-state index contributed by atoms with van der Waals surface area (Å²) in [6.07, 6.45) is 1.81. The van der Waals surface area contributed by atoms with Crippen LogP contribution in [0, 0.1) is 0 Å². The Balaban J connectivity index is 2.10. The number of benzene rings is 1. The van der Waals surface area contributed by atoms with E-state index in [-0.39, 0.29) is 18.6 Å². The average Bonchev–Trinajstić information content (AvgIpc) is 3.01. The molecular formula is C17H21N3O2. The molecule has 2 heterocycles. The number of hydrogen-bond acceptors (Lipinski definition) is 4. The Morgan fingerprint density at radius 2 is 2.18 bits per heavy atom. The third-order valence-electron chi connectivity index (χ3n) is 4.24. The van der Waals surface area contributed by atoms with Gasteiger partial charge in [-0.2, -0.15) is 0 Å². The van der Waals surface area contributed by atoms with Crippen molar-refractivity contribution in [3.05, 3.63) is 35.9 Å². The second-order valence-corrected chi connectivity index (χ2v) is 5.92. The van der Waals surface area contributed by atoms with Crippen molar-refractivity contribution in [1.29, 1.82) is 0 Å². The average molecular weight is 299 g/mol. The Kier molecular flexibility index (Phi) is 3.98. The summed E-state index contributed by atoms with van der Waals surface area (Å²) in [5.74, 6) is 0.750. The Morgan fingerprint density at radius 1 is 1.41 bits per heavy atom. The molecule has 0 spiro atoms. The smallest absolute Gasteiger partial charge is 0.255 e. The van der Waals surface area contributed by atoms with Gasteiger partial charge in [-0.15, -0.1) is 0 Å². The fraction of sp³-hybridized carbons (Fsp3) is 0.412. The molecule has 116 valence electrons. The molecule has 1 unspecified atom stereocenters. The van der Waals surface area contributed by atoms with E-state index in [2.05, 4.69) is 4.98 Å². The Labute approximate surface area is 130 Å². The minimum atomic E-state index is -0.0674. The lowest BCUT2D eigenvalue weighted by Crippen LogP contribution is -2.37. The topological polar surface area (TPSA) is 56.7 Å². The fourth-order valence-electron chi connectivity index (χ4n) is 3.02. The Bertz CT molecular complexity index is 699. The predicted molar refractivity (Wildman–Crippen MR) is 87.2 cm³/mol. The molecule has 0 aliphatic carbocycles. The molecule has 1 atom stereocenters. The van der Waals surface area contributed by atoms with Gasteiger partial charge in [-0.3, -0.25) is 4.79 Å². The number of para-hydroxylation sites is 1. The van der Waals surface area contributed by atoms with Crippen LogP contribution >= 0.6 is 0 Å². The summed E-state index contributed by atoms with van der Waals surface area (Å²) in [5.41, 5.74) is 1.48. The van der Waals surface area contributed by atoms with Crippen LogP contribution in [-0.2, 0) is 0 Å². The maximum Gasteiger partial charge on any atom is 0.255 e. The number of aromatic nitrogens is 1. The van der Waals surface area contributed by atoms with E-state index < -0.39 is 0 Å². The standard InChI is InChI=1S/C17H21N3O2/c1-19(2)16-10-14(13-7-3-4-8-15(13)18-16)17(22)20-9-5-6-12(20)11-21/h3-4,7-8,10,12,21H,5-6,9,11H2,1-2H3. The number of nitrogens with zero attached hydrogens (tertiary/aromatic N) is 3. The van der Waals surface area contributed by atoms with Crippen molar-refractivity contribution in [2.24, 2.45) is 0 Å². The highest BCUT2D eigenvalue weighted by molar-refractivity contribution is 6.07. The first-order valence-electron chi connectivity index (χ1n) is 7.60. The summed E-state index contributed by atoms with van der Waals surface area (Å²) in [7, 11) is 3.83. The number of pyridine rings is 1. The number of fused-ring (bicyclic) bond motifs is 1. The zero-order valence-corrected chi connectivity index (χ0v) is 13.0. The van der Waals surface area contributed by atoms with Gasteiger partial charge in [0.15, 0.2) is 0 Å². The van der Waals surface area contributed by atoms with Crippen LogP contribution in [0.15, 0.2) is 30.3 Å². The lowest BCUT2D eigenvalue weighted by molar-refractivity contribution is 0.0679. The molecule has 1 saturated heterocycles. The summed E-state index contributed by atoms with van der Waals surface area (Å²) in [5, 5.41) is 10.3. The molecule has 0 bridgehead atoms. The van der Waals surface area contributed by atoms with E-state index in [0.717, 1.165) is 29.6 Å². The molecular weight excluding hydrogens is 278 g/mol. The van der Waals surface area contributed by atoms with Gasteiger partial charge in [-0.05, 0) is 25.0 Å². The van der Waals surface area contributed by atoms with Gasteiger partial charge in [0.05, 0.1) is 23.7 Å². The van der Waals surface area contributed by atoms with Gasteiger partial charge in [0.25, 0.3) is 5.91 Å². The number of anilines is 1. The van der Waals surface area contributed by atoms with E-state index in [0.29, 0.717) is 12.1 Å². The molecule has 1 aromatic carbocycles. The minimum absolute atomic E-state index is 0.0155. The largest absolute Gasteiger partial charge is 0.394 e. The van der Waals surface area contributed by atoms with Crippen LogP contribution in [0.3, 0.4) is 0 Å². The quantitative estimate of drug-likeness (QED) is 0.940. The van der Waals surface area contributed by atoms with Crippen molar-refractivity contribution >= 4 is 22.6 Å². The first-order chi connectivity index (χ1) is 10.6. The van der Waals surface area contributed by atoms with Gasteiger partial charge in [0.1, 0.15) is 5.82 Å². The number of carbonyl (C=O) groups excluding carboxylic acids is 1. The normalized spacial score (nSPS) is 18.0. The zero-order valence-electron chi connectivity index (χ0n) is 13.0. The minimum Gasteiger partial charge on any atom is -0.394 e. The number of amides is 1. The molecule has 22 heavy (non-hydrogen) atoms. The van der Waals surface area contributed by atoms with Gasteiger partial charge in [-0.25, -0.2) is 4.98 Å². The zero-order chi connectivity index (χ0) is 15.7. The first-order valence-corrected chi connectivity index (χ1v) is 7.60. The number of carbonyl (C=O) groups is 1. The summed E-state index contributed by atoms with van der Waals surface area (Å²) in [4.78, 5) is 21.3. The molecule has 1 aliphatic heterocycles. The molecule has 2 aromatic rings. The predicted octanol–water partition coefficient (Wildman–Crippen LogP) is 1.90. The van der Waals surface area contributed by atoms with Crippen molar-refractivity contribution in [3.63, 3.8) is 0 Å². The SMILES string of the molecule is CN(C)c1cc(C(=O)N2CCCC2CO)c2ccccc2n1. The monoisotopic (exact) mass is 299 g/mol. The van der Waals surface area contributed by atoms with Crippen LogP contribution in [0.25, 0.3) is 10.9 Å². The summed E-state index contributed by atoms with van der Waals surface area (Å²) < 4.78 is 0. The van der Waals surface area contributed by atoms with E-state index in [1.807, 2.05) is 49.3 Å². The van der Waals surface area contributed by atoms with E-state index in [9.17, 15) is 9.90 Å². The number of aliphatic hydroxyl groups excluding tert-OH is 1. The van der Waals surface area contributed by atoms with Gasteiger partial charge in [0.2, 0.25) is 0 Å². The third-order valence-corrected chi connectivity index (χ3v) is 4.24. The Hall–Kier alpha value is -2.14. The second-order valence-electron chi connectivity index (χ2n) is 5.92. The number of aliphatic hydroxyl groups is 1. The van der Waals surface area contributed by atoms with Crippen molar-refractivity contribution in [3.8, 4) is 0 Å². The number of rotatable bonds is 3.